The molecule has 1 fully saturated rings. The van der Waals surface area contributed by atoms with Gasteiger partial charge in [-0.2, -0.15) is 0 Å². The van der Waals surface area contributed by atoms with Crippen LogP contribution in [-0.2, 0) is 9.59 Å². The fraction of sp³-hybridized carbons (Fsp3) is 0.273. The maximum absolute atomic E-state index is 14.6. The van der Waals surface area contributed by atoms with Crippen molar-refractivity contribution in [3.63, 3.8) is 0 Å². The Morgan fingerprint density at radius 3 is 2.57 bits per heavy atom. The number of likely N-dealkylation sites (tertiary alicyclic amines) is 1. The van der Waals surface area contributed by atoms with Crippen LogP contribution in [0.2, 0.25) is 5.02 Å². The number of aliphatic hydroxyl groups excluding tert-OH is 1. The molecule has 0 radical (unpaired) electrons. The van der Waals surface area contributed by atoms with Crippen molar-refractivity contribution in [3.8, 4) is 0 Å². The Bertz CT molecular complexity index is 941. The van der Waals surface area contributed by atoms with E-state index in [1.165, 1.54) is 23.1 Å². The molecule has 0 saturated carbocycles. The van der Waals surface area contributed by atoms with Gasteiger partial charge in [0, 0.05) is 22.7 Å². The van der Waals surface area contributed by atoms with Crippen LogP contribution in [0, 0.1) is 5.82 Å². The van der Waals surface area contributed by atoms with Crippen LogP contribution in [0.1, 0.15) is 43.4 Å². The van der Waals surface area contributed by atoms with Gasteiger partial charge >= 0.3 is 0 Å². The minimum Gasteiger partial charge on any atom is -0.507 e. The molecule has 2 aromatic rings. The molecule has 1 atom stereocenters. The fourth-order valence-corrected chi connectivity index (χ4v) is 3.64. The summed E-state index contributed by atoms with van der Waals surface area (Å²) in [5, 5.41) is 11.2. The lowest BCUT2D eigenvalue weighted by atomic mass is 9.95. The quantitative estimate of drug-likeness (QED) is 0.317. The van der Waals surface area contributed by atoms with E-state index in [1.807, 2.05) is 6.92 Å². The van der Waals surface area contributed by atoms with Crippen LogP contribution in [0.4, 0.5) is 4.39 Å². The molecule has 6 heteroatoms. The number of aliphatic hydroxyl groups is 1. The number of amides is 1. The first-order chi connectivity index (χ1) is 13.5. The average Bonchev–Trinajstić information content (AvgIpc) is 2.93. The number of carbonyl (C=O) groups is 2. The predicted octanol–water partition coefficient (Wildman–Crippen LogP) is 5.09. The third kappa shape index (κ3) is 3.80. The molecule has 1 aliphatic rings. The highest BCUT2D eigenvalue weighted by Gasteiger charge is 2.46. The van der Waals surface area contributed by atoms with Crippen LogP contribution in [0.5, 0.6) is 0 Å². The van der Waals surface area contributed by atoms with Crippen LogP contribution in [0.3, 0.4) is 0 Å². The Labute approximate surface area is 168 Å². The van der Waals surface area contributed by atoms with Gasteiger partial charge in [-0.05, 0) is 24.6 Å². The van der Waals surface area contributed by atoms with E-state index in [9.17, 15) is 19.1 Å². The molecule has 1 heterocycles. The second kappa shape index (κ2) is 8.57. The smallest absolute Gasteiger partial charge is 0.295 e. The molecule has 0 spiro atoms. The number of nitrogens with zero attached hydrogens (tertiary/aromatic N) is 1. The molecule has 1 aliphatic heterocycles. The van der Waals surface area contributed by atoms with Crippen LogP contribution >= 0.6 is 11.6 Å². The summed E-state index contributed by atoms with van der Waals surface area (Å²) in [7, 11) is 0. The molecule has 4 nitrogen and oxygen atoms in total. The molecule has 1 saturated heterocycles. The lowest BCUT2D eigenvalue weighted by Gasteiger charge is -2.25. The lowest BCUT2D eigenvalue weighted by Crippen LogP contribution is -2.31. The van der Waals surface area contributed by atoms with Crippen molar-refractivity contribution in [2.45, 2.75) is 32.2 Å². The molecule has 0 bridgehead atoms. The van der Waals surface area contributed by atoms with Gasteiger partial charge in [0.1, 0.15) is 11.6 Å². The molecule has 3 rings (SSSR count). The van der Waals surface area contributed by atoms with E-state index in [0.717, 1.165) is 12.8 Å². The zero-order valence-electron chi connectivity index (χ0n) is 15.5. The summed E-state index contributed by atoms with van der Waals surface area (Å²) in [6.45, 7) is 2.34. The van der Waals surface area contributed by atoms with Crippen molar-refractivity contribution in [1.29, 1.82) is 0 Å². The Morgan fingerprint density at radius 1 is 1.14 bits per heavy atom. The normalized spacial score (nSPS) is 18.7. The fourth-order valence-electron chi connectivity index (χ4n) is 3.45. The zero-order chi connectivity index (χ0) is 20.3. The molecule has 1 unspecified atom stereocenters. The number of benzene rings is 2. The standard InChI is InChI=1S/C22H21ClFNO3/c1-2-3-6-12-25-19(16-10-4-5-11-17(16)24)18(21(27)22(25)28)20(26)14-8-7-9-15(23)13-14/h4-5,7-11,13,19,26H,2-3,6,12H2,1H3/b20-18-. The molecule has 1 amide bonds. The predicted molar refractivity (Wildman–Crippen MR) is 106 cm³/mol. The van der Waals surface area contributed by atoms with Gasteiger partial charge in [0.05, 0.1) is 11.6 Å². The summed E-state index contributed by atoms with van der Waals surface area (Å²) in [5.74, 6) is -2.44. The van der Waals surface area contributed by atoms with Gasteiger partial charge in [-0.3, -0.25) is 9.59 Å². The number of halogens is 2. The van der Waals surface area contributed by atoms with E-state index in [-0.39, 0.29) is 16.9 Å². The first-order valence-corrected chi connectivity index (χ1v) is 9.62. The van der Waals surface area contributed by atoms with Crippen LogP contribution in [0.15, 0.2) is 54.1 Å². The molecule has 0 aliphatic carbocycles. The Kier molecular flexibility index (Phi) is 6.15. The second-order valence-corrected chi connectivity index (χ2v) is 7.17. The highest BCUT2D eigenvalue weighted by atomic mass is 35.5. The lowest BCUT2D eigenvalue weighted by molar-refractivity contribution is -0.139. The number of hydrogen-bond acceptors (Lipinski definition) is 3. The number of Topliss-reactive ketones (excluding diaryl/α,β-unsaturated/α-hetero) is 1. The van der Waals surface area contributed by atoms with Crippen molar-refractivity contribution < 1.29 is 19.1 Å². The van der Waals surface area contributed by atoms with Crippen LogP contribution in [0.25, 0.3) is 5.76 Å². The van der Waals surface area contributed by atoms with E-state index in [1.54, 1.807) is 30.3 Å². The van der Waals surface area contributed by atoms with Gasteiger partial charge in [0.25, 0.3) is 11.7 Å². The summed E-state index contributed by atoms with van der Waals surface area (Å²) in [6.07, 6.45) is 2.50. The van der Waals surface area contributed by atoms with Gasteiger partial charge in [-0.15, -0.1) is 0 Å². The van der Waals surface area contributed by atoms with Crippen molar-refractivity contribution >= 4 is 29.1 Å². The van der Waals surface area contributed by atoms with Gasteiger partial charge in [-0.1, -0.05) is 61.7 Å². The maximum atomic E-state index is 14.6. The average molecular weight is 402 g/mol. The Hall–Kier alpha value is -2.66. The van der Waals surface area contributed by atoms with E-state index < -0.39 is 23.5 Å². The number of rotatable bonds is 6. The number of unbranched alkanes of at least 4 members (excludes halogenated alkanes) is 2. The van der Waals surface area contributed by atoms with E-state index >= 15 is 0 Å². The zero-order valence-corrected chi connectivity index (χ0v) is 16.2. The summed E-state index contributed by atoms with van der Waals surface area (Å²) in [5.41, 5.74) is 0.371. The Balaban J connectivity index is 2.15. The largest absolute Gasteiger partial charge is 0.507 e. The topological polar surface area (TPSA) is 57.6 Å². The monoisotopic (exact) mass is 401 g/mol. The summed E-state index contributed by atoms with van der Waals surface area (Å²) in [6, 6.07) is 11.4. The van der Waals surface area contributed by atoms with E-state index in [4.69, 9.17) is 11.6 Å². The molecule has 2 aromatic carbocycles. The van der Waals surface area contributed by atoms with Gasteiger partial charge in [0.2, 0.25) is 0 Å². The first kappa shape index (κ1) is 20.1. The van der Waals surface area contributed by atoms with E-state index in [2.05, 4.69) is 0 Å². The van der Waals surface area contributed by atoms with Crippen molar-refractivity contribution in [1.82, 2.24) is 4.90 Å². The Morgan fingerprint density at radius 2 is 1.89 bits per heavy atom. The SMILES string of the molecule is CCCCCN1C(=O)C(=O)/C(=C(\O)c2cccc(Cl)c2)C1c1ccccc1F. The van der Waals surface area contributed by atoms with Crippen molar-refractivity contribution in [2.75, 3.05) is 6.54 Å². The second-order valence-electron chi connectivity index (χ2n) is 6.73. The summed E-state index contributed by atoms with van der Waals surface area (Å²) >= 11 is 6.00. The van der Waals surface area contributed by atoms with Crippen LogP contribution in [-0.4, -0.2) is 28.2 Å². The van der Waals surface area contributed by atoms with Crippen LogP contribution < -0.4 is 0 Å². The number of hydrogen-bond donors (Lipinski definition) is 1. The van der Waals surface area contributed by atoms with Crippen molar-refractivity contribution in [3.05, 3.63) is 76.1 Å². The highest BCUT2D eigenvalue weighted by Crippen LogP contribution is 2.40. The molecule has 28 heavy (non-hydrogen) atoms. The molecular weight excluding hydrogens is 381 g/mol. The number of ketones is 1. The minimum atomic E-state index is -0.975. The first-order valence-electron chi connectivity index (χ1n) is 9.24. The third-order valence-electron chi connectivity index (χ3n) is 4.84. The summed E-state index contributed by atoms with van der Waals surface area (Å²) < 4.78 is 14.6. The van der Waals surface area contributed by atoms with E-state index in [0.29, 0.717) is 23.6 Å². The van der Waals surface area contributed by atoms with Gasteiger partial charge in [-0.25, -0.2) is 4.39 Å². The third-order valence-corrected chi connectivity index (χ3v) is 5.08. The summed E-state index contributed by atoms with van der Waals surface area (Å²) in [4.78, 5) is 26.8. The maximum Gasteiger partial charge on any atom is 0.295 e. The molecule has 0 aromatic heterocycles. The van der Waals surface area contributed by atoms with Gasteiger partial charge in [0.15, 0.2) is 0 Å². The highest BCUT2D eigenvalue weighted by molar-refractivity contribution is 6.46. The molecule has 1 N–H and O–H groups in total. The van der Waals surface area contributed by atoms with Crippen molar-refractivity contribution in [2.24, 2.45) is 0 Å². The molecule has 146 valence electrons. The van der Waals surface area contributed by atoms with Gasteiger partial charge < -0.3 is 10.0 Å². The molecular formula is C22H21ClFNO3. The number of carbonyl (C=O) groups excluding carboxylic acids is 2. The minimum absolute atomic E-state index is 0.117.